The summed E-state index contributed by atoms with van der Waals surface area (Å²) in [5, 5.41) is 2.88. The first-order valence-electron chi connectivity index (χ1n) is 8.47. The largest absolute Gasteiger partial charge is 0.340 e. The minimum absolute atomic E-state index is 0.0330. The molecule has 0 fully saturated rings. The van der Waals surface area contributed by atoms with Gasteiger partial charge in [0, 0.05) is 25.1 Å². The maximum absolute atomic E-state index is 12.9. The lowest BCUT2D eigenvalue weighted by Gasteiger charge is -2.30. The molecule has 2 aromatic carbocycles. The lowest BCUT2D eigenvalue weighted by Crippen LogP contribution is -2.52. The summed E-state index contributed by atoms with van der Waals surface area (Å²) in [4.78, 5) is 27.1. The van der Waals surface area contributed by atoms with Crippen LogP contribution in [0.15, 0.2) is 48.5 Å². The number of nitrogens with one attached hydrogen (secondary N) is 1. The Morgan fingerprint density at radius 3 is 2.17 bits per heavy atom. The van der Waals surface area contributed by atoms with Gasteiger partial charge in [-0.15, -0.1) is 0 Å². The zero-order valence-corrected chi connectivity index (χ0v) is 13.5. The SMILES string of the molecule is O=C1NC(C(=O)N2CCc3ccccc3CC2)Cc2ccccc21. The van der Waals surface area contributed by atoms with Gasteiger partial charge < -0.3 is 10.2 Å². The summed E-state index contributed by atoms with van der Waals surface area (Å²) >= 11 is 0. The van der Waals surface area contributed by atoms with Gasteiger partial charge in [-0.1, -0.05) is 42.5 Å². The van der Waals surface area contributed by atoms with Gasteiger partial charge in [0.15, 0.2) is 0 Å². The molecular weight excluding hydrogens is 300 g/mol. The quantitative estimate of drug-likeness (QED) is 0.873. The number of nitrogens with zero attached hydrogens (tertiary/aromatic N) is 1. The Kier molecular flexibility index (Phi) is 3.81. The van der Waals surface area contributed by atoms with Crippen LogP contribution in [0.3, 0.4) is 0 Å². The number of carbonyl (C=O) groups excluding carboxylic acids is 2. The van der Waals surface area contributed by atoms with E-state index in [1.807, 2.05) is 29.2 Å². The van der Waals surface area contributed by atoms with Gasteiger partial charge in [-0.05, 0) is 35.6 Å². The summed E-state index contributed by atoms with van der Waals surface area (Å²) < 4.78 is 0. The number of carbonyl (C=O) groups is 2. The van der Waals surface area contributed by atoms with E-state index in [0.717, 1.165) is 18.4 Å². The maximum atomic E-state index is 12.9. The minimum Gasteiger partial charge on any atom is -0.340 e. The molecule has 1 unspecified atom stereocenters. The highest BCUT2D eigenvalue weighted by atomic mass is 16.2. The summed E-state index contributed by atoms with van der Waals surface area (Å²) in [5.74, 6) is -0.112. The standard InChI is InChI=1S/C20H20N2O2/c23-19-17-8-4-3-7-16(17)13-18(21-19)20(24)22-11-9-14-5-1-2-6-15(14)10-12-22/h1-8,18H,9-13H2,(H,21,23). The van der Waals surface area contributed by atoms with Crippen LogP contribution in [-0.4, -0.2) is 35.8 Å². The topological polar surface area (TPSA) is 49.4 Å². The second-order valence-electron chi connectivity index (χ2n) is 6.48. The molecule has 24 heavy (non-hydrogen) atoms. The minimum atomic E-state index is -0.450. The van der Waals surface area contributed by atoms with Gasteiger partial charge in [0.05, 0.1) is 0 Å². The Labute approximate surface area is 141 Å². The monoisotopic (exact) mass is 320 g/mol. The molecule has 0 bridgehead atoms. The molecule has 1 atom stereocenters. The first-order chi connectivity index (χ1) is 11.7. The molecule has 0 radical (unpaired) electrons. The highest BCUT2D eigenvalue weighted by Gasteiger charge is 2.32. The van der Waals surface area contributed by atoms with Crippen molar-refractivity contribution in [3.05, 3.63) is 70.8 Å². The molecule has 0 saturated carbocycles. The number of amides is 2. The van der Waals surface area contributed by atoms with E-state index in [2.05, 4.69) is 29.6 Å². The van der Waals surface area contributed by atoms with Crippen molar-refractivity contribution in [3.8, 4) is 0 Å². The zero-order valence-electron chi connectivity index (χ0n) is 13.5. The fraction of sp³-hybridized carbons (Fsp3) is 0.300. The van der Waals surface area contributed by atoms with Crippen LogP contribution in [-0.2, 0) is 24.1 Å². The Morgan fingerprint density at radius 1 is 0.917 bits per heavy atom. The Hall–Kier alpha value is -2.62. The molecule has 0 saturated heterocycles. The van der Waals surface area contributed by atoms with Crippen molar-refractivity contribution in [2.24, 2.45) is 0 Å². The van der Waals surface area contributed by atoms with Crippen LogP contribution in [0.1, 0.15) is 27.0 Å². The molecule has 0 aromatic heterocycles. The third kappa shape index (κ3) is 2.68. The van der Waals surface area contributed by atoms with Crippen molar-refractivity contribution in [1.82, 2.24) is 10.2 Å². The van der Waals surface area contributed by atoms with Gasteiger partial charge in [-0.25, -0.2) is 0 Å². The second-order valence-corrected chi connectivity index (χ2v) is 6.48. The van der Waals surface area contributed by atoms with Crippen LogP contribution in [0.5, 0.6) is 0 Å². The molecule has 1 N–H and O–H groups in total. The molecule has 4 rings (SSSR count). The van der Waals surface area contributed by atoms with E-state index < -0.39 is 6.04 Å². The highest BCUT2D eigenvalue weighted by Crippen LogP contribution is 2.20. The first-order valence-corrected chi connectivity index (χ1v) is 8.47. The van der Waals surface area contributed by atoms with Crippen molar-refractivity contribution in [2.45, 2.75) is 25.3 Å². The molecule has 2 heterocycles. The van der Waals surface area contributed by atoms with Crippen LogP contribution in [0.2, 0.25) is 0 Å². The summed E-state index contributed by atoms with van der Waals surface area (Å²) in [5.41, 5.74) is 4.29. The number of rotatable bonds is 1. The molecule has 2 aromatic rings. The predicted molar refractivity (Wildman–Crippen MR) is 91.8 cm³/mol. The lowest BCUT2D eigenvalue weighted by molar-refractivity contribution is -0.133. The van der Waals surface area contributed by atoms with Crippen LogP contribution in [0.25, 0.3) is 0 Å². The van der Waals surface area contributed by atoms with Crippen LogP contribution in [0.4, 0.5) is 0 Å². The molecular formula is C20H20N2O2. The Bertz CT molecular complexity index is 773. The summed E-state index contributed by atoms with van der Waals surface area (Å²) in [6.45, 7) is 1.42. The van der Waals surface area contributed by atoms with E-state index >= 15 is 0 Å². The number of hydrogen-bond donors (Lipinski definition) is 1. The fourth-order valence-corrected chi connectivity index (χ4v) is 3.68. The Balaban J connectivity index is 1.50. The molecule has 122 valence electrons. The number of hydrogen-bond acceptors (Lipinski definition) is 2. The van der Waals surface area contributed by atoms with E-state index in [1.54, 1.807) is 0 Å². The normalized spacial score (nSPS) is 19.8. The van der Waals surface area contributed by atoms with Crippen LogP contribution < -0.4 is 5.32 Å². The molecule has 2 aliphatic heterocycles. The maximum Gasteiger partial charge on any atom is 0.252 e. The number of benzene rings is 2. The second kappa shape index (κ2) is 6.11. The molecule has 4 nitrogen and oxygen atoms in total. The van der Waals surface area contributed by atoms with Gasteiger partial charge in [0.2, 0.25) is 5.91 Å². The van der Waals surface area contributed by atoms with E-state index in [-0.39, 0.29) is 11.8 Å². The molecule has 2 amide bonds. The van der Waals surface area contributed by atoms with Crippen molar-refractivity contribution in [3.63, 3.8) is 0 Å². The van der Waals surface area contributed by atoms with E-state index in [9.17, 15) is 9.59 Å². The predicted octanol–water partition coefficient (Wildman–Crippen LogP) is 1.97. The van der Waals surface area contributed by atoms with Crippen molar-refractivity contribution >= 4 is 11.8 Å². The van der Waals surface area contributed by atoms with Crippen molar-refractivity contribution in [2.75, 3.05) is 13.1 Å². The average Bonchev–Trinajstić information content (AvgIpc) is 2.84. The molecule has 2 aliphatic rings. The van der Waals surface area contributed by atoms with Gasteiger partial charge in [-0.3, -0.25) is 9.59 Å². The van der Waals surface area contributed by atoms with Gasteiger partial charge in [0.1, 0.15) is 6.04 Å². The Morgan fingerprint density at radius 2 is 1.50 bits per heavy atom. The fourth-order valence-electron chi connectivity index (χ4n) is 3.68. The summed E-state index contributed by atoms with van der Waals surface area (Å²) in [6.07, 6.45) is 2.32. The average molecular weight is 320 g/mol. The van der Waals surface area contributed by atoms with Crippen LogP contribution in [0, 0.1) is 0 Å². The zero-order chi connectivity index (χ0) is 16.5. The molecule has 0 aliphatic carbocycles. The summed E-state index contributed by atoms with van der Waals surface area (Å²) in [6, 6.07) is 15.5. The van der Waals surface area contributed by atoms with Gasteiger partial charge in [-0.2, -0.15) is 0 Å². The first kappa shape index (κ1) is 14.9. The third-order valence-corrected chi connectivity index (χ3v) is 5.02. The molecule has 0 spiro atoms. The van der Waals surface area contributed by atoms with Crippen LogP contribution >= 0.6 is 0 Å². The highest BCUT2D eigenvalue weighted by molar-refractivity contribution is 6.00. The summed E-state index contributed by atoms with van der Waals surface area (Å²) in [7, 11) is 0. The third-order valence-electron chi connectivity index (χ3n) is 5.02. The van der Waals surface area contributed by atoms with Gasteiger partial charge >= 0.3 is 0 Å². The van der Waals surface area contributed by atoms with Crippen molar-refractivity contribution < 1.29 is 9.59 Å². The lowest BCUT2D eigenvalue weighted by atomic mass is 9.94. The van der Waals surface area contributed by atoms with E-state index in [1.165, 1.54) is 11.1 Å². The van der Waals surface area contributed by atoms with Gasteiger partial charge in [0.25, 0.3) is 5.91 Å². The number of fused-ring (bicyclic) bond motifs is 2. The van der Waals surface area contributed by atoms with E-state index in [4.69, 9.17) is 0 Å². The van der Waals surface area contributed by atoms with Crippen molar-refractivity contribution in [1.29, 1.82) is 0 Å². The molecule has 4 heteroatoms. The smallest absolute Gasteiger partial charge is 0.252 e. The van der Waals surface area contributed by atoms with E-state index in [0.29, 0.717) is 25.1 Å².